The number of amides is 1. The molecule has 0 aromatic rings. The lowest BCUT2D eigenvalue weighted by atomic mass is 10.0. The summed E-state index contributed by atoms with van der Waals surface area (Å²) < 4.78 is 28.7. The highest BCUT2D eigenvalue weighted by Crippen LogP contribution is 2.11. The van der Waals surface area contributed by atoms with Gasteiger partial charge in [-0.3, -0.25) is 4.79 Å². The monoisotopic (exact) mass is 224 g/mol. The number of rotatable bonds is 4. The topological polar surface area (TPSA) is 84.6 Å². The maximum Gasteiger partial charge on any atom is 0.265 e. The van der Waals surface area contributed by atoms with Crippen LogP contribution in [0.15, 0.2) is 0 Å². The zero-order valence-electron chi connectivity index (χ0n) is 8.03. The Labute approximate surface area is 85.6 Å². The summed E-state index contributed by atoms with van der Waals surface area (Å²) in [5.41, 5.74) is 5.55. The molecule has 15 heavy (non-hydrogen) atoms. The van der Waals surface area contributed by atoms with Crippen molar-refractivity contribution in [2.75, 3.05) is 19.8 Å². The van der Waals surface area contributed by atoms with Crippen molar-refractivity contribution in [1.82, 2.24) is 5.32 Å². The van der Waals surface area contributed by atoms with Gasteiger partial charge in [-0.2, -0.15) is 0 Å². The van der Waals surface area contributed by atoms with Crippen molar-refractivity contribution < 1.29 is 23.4 Å². The fourth-order valence-corrected chi connectivity index (χ4v) is 1.27. The van der Waals surface area contributed by atoms with Crippen molar-refractivity contribution >= 4 is 5.91 Å². The first-order valence-corrected chi connectivity index (χ1v) is 4.59. The Hall–Kier alpha value is -0.790. The predicted molar refractivity (Wildman–Crippen MR) is 47.3 cm³/mol. The summed E-state index contributed by atoms with van der Waals surface area (Å²) in [4.78, 5) is 11.4. The third-order valence-corrected chi connectivity index (χ3v) is 2.24. The zero-order chi connectivity index (χ0) is 11.4. The highest BCUT2D eigenvalue weighted by Gasteiger charge is 2.31. The molecular weight excluding hydrogens is 210 g/mol. The number of halogens is 2. The molecule has 0 aliphatic carbocycles. The summed E-state index contributed by atoms with van der Waals surface area (Å²) in [6.07, 6.45) is -4.70. The SMILES string of the molecule is NC1COCC1C(=O)NCC(O)C(F)F. The van der Waals surface area contributed by atoms with E-state index < -0.39 is 36.9 Å². The van der Waals surface area contributed by atoms with Crippen molar-refractivity contribution in [3.05, 3.63) is 0 Å². The van der Waals surface area contributed by atoms with Gasteiger partial charge in [0, 0.05) is 12.6 Å². The molecule has 1 aliphatic heterocycles. The van der Waals surface area contributed by atoms with E-state index in [0.29, 0.717) is 0 Å². The van der Waals surface area contributed by atoms with Crippen LogP contribution in [0.1, 0.15) is 0 Å². The zero-order valence-corrected chi connectivity index (χ0v) is 8.03. The molecule has 0 aromatic carbocycles. The van der Waals surface area contributed by atoms with Gasteiger partial charge in [0.05, 0.1) is 19.1 Å². The van der Waals surface area contributed by atoms with Crippen LogP contribution in [-0.2, 0) is 9.53 Å². The fraction of sp³-hybridized carbons (Fsp3) is 0.875. The number of nitrogens with one attached hydrogen (secondary N) is 1. The molecule has 88 valence electrons. The molecule has 1 saturated heterocycles. The Balaban J connectivity index is 2.29. The second-order valence-electron chi connectivity index (χ2n) is 3.45. The van der Waals surface area contributed by atoms with Crippen LogP contribution < -0.4 is 11.1 Å². The molecule has 0 radical (unpaired) electrons. The van der Waals surface area contributed by atoms with E-state index in [1.54, 1.807) is 0 Å². The first kappa shape index (κ1) is 12.3. The lowest BCUT2D eigenvalue weighted by Gasteiger charge is -2.15. The summed E-state index contributed by atoms with van der Waals surface area (Å²) in [6, 6.07) is -0.409. The van der Waals surface area contributed by atoms with E-state index in [2.05, 4.69) is 5.32 Å². The van der Waals surface area contributed by atoms with Crippen LogP contribution in [0.4, 0.5) is 8.78 Å². The summed E-state index contributed by atoms with van der Waals surface area (Å²) >= 11 is 0. The third-order valence-electron chi connectivity index (χ3n) is 2.24. The Morgan fingerprint density at radius 2 is 2.27 bits per heavy atom. The van der Waals surface area contributed by atoms with Gasteiger partial charge in [0.25, 0.3) is 6.43 Å². The number of hydrogen-bond acceptors (Lipinski definition) is 4. The fourth-order valence-electron chi connectivity index (χ4n) is 1.27. The highest BCUT2D eigenvalue weighted by molar-refractivity contribution is 5.79. The molecule has 5 nitrogen and oxygen atoms in total. The first-order chi connectivity index (χ1) is 7.02. The van der Waals surface area contributed by atoms with Gasteiger partial charge in [-0.15, -0.1) is 0 Å². The van der Waals surface area contributed by atoms with E-state index in [-0.39, 0.29) is 13.2 Å². The number of aliphatic hydroxyl groups excluding tert-OH is 1. The molecule has 0 bridgehead atoms. The van der Waals surface area contributed by atoms with E-state index >= 15 is 0 Å². The van der Waals surface area contributed by atoms with Crippen LogP contribution in [0.25, 0.3) is 0 Å². The molecule has 1 amide bonds. The lowest BCUT2D eigenvalue weighted by molar-refractivity contribution is -0.126. The number of nitrogens with two attached hydrogens (primary N) is 1. The molecule has 1 fully saturated rings. The van der Waals surface area contributed by atoms with E-state index in [4.69, 9.17) is 15.6 Å². The summed E-state index contributed by atoms with van der Waals surface area (Å²) in [5, 5.41) is 11.0. The van der Waals surface area contributed by atoms with E-state index in [1.165, 1.54) is 0 Å². The molecule has 0 aromatic heterocycles. The molecule has 1 rings (SSSR count). The molecule has 0 spiro atoms. The maximum absolute atomic E-state index is 11.9. The number of alkyl halides is 2. The highest BCUT2D eigenvalue weighted by atomic mass is 19.3. The normalized spacial score (nSPS) is 28.1. The van der Waals surface area contributed by atoms with Gasteiger partial charge in [0.1, 0.15) is 6.10 Å². The number of carbonyl (C=O) groups excluding carboxylic acids is 1. The van der Waals surface area contributed by atoms with Crippen molar-refractivity contribution in [2.24, 2.45) is 11.7 Å². The van der Waals surface area contributed by atoms with E-state index in [1.807, 2.05) is 0 Å². The first-order valence-electron chi connectivity index (χ1n) is 4.59. The van der Waals surface area contributed by atoms with Crippen LogP contribution in [0.5, 0.6) is 0 Å². The van der Waals surface area contributed by atoms with Crippen molar-refractivity contribution in [3.8, 4) is 0 Å². The molecule has 1 aliphatic rings. The Morgan fingerprint density at radius 1 is 1.60 bits per heavy atom. The average Bonchev–Trinajstić information content (AvgIpc) is 2.60. The minimum atomic E-state index is -2.86. The summed E-state index contributed by atoms with van der Waals surface area (Å²) in [6.45, 7) is 0.00693. The second-order valence-corrected chi connectivity index (χ2v) is 3.45. The van der Waals surface area contributed by atoms with Crippen LogP contribution >= 0.6 is 0 Å². The van der Waals surface area contributed by atoms with Gasteiger partial charge >= 0.3 is 0 Å². The van der Waals surface area contributed by atoms with E-state index in [9.17, 15) is 13.6 Å². The summed E-state index contributed by atoms with van der Waals surface area (Å²) in [7, 11) is 0. The molecule has 3 atom stereocenters. The van der Waals surface area contributed by atoms with E-state index in [0.717, 1.165) is 0 Å². The van der Waals surface area contributed by atoms with Crippen molar-refractivity contribution in [2.45, 2.75) is 18.6 Å². The van der Waals surface area contributed by atoms with Gasteiger partial charge in [-0.05, 0) is 0 Å². The quantitative estimate of drug-likeness (QED) is 0.554. The van der Waals surface area contributed by atoms with Gasteiger partial charge in [0.2, 0.25) is 5.91 Å². The third kappa shape index (κ3) is 3.37. The predicted octanol–water partition coefficient (Wildman–Crippen LogP) is -1.30. The van der Waals surface area contributed by atoms with Crippen LogP contribution in [-0.4, -0.2) is 49.3 Å². The number of aliphatic hydroxyl groups is 1. The van der Waals surface area contributed by atoms with Crippen LogP contribution in [0.3, 0.4) is 0 Å². The van der Waals surface area contributed by atoms with Gasteiger partial charge in [-0.25, -0.2) is 8.78 Å². The summed E-state index contributed by atoms with van der Waals surface area (Å²) in [5.74, 6) is -0.977. The second kappa shape index (κ2) is 5.34. The average molecular weight is 224 g/mol. The Kier molecular flexibility index (Phi) is 4.37. The number of ether oxygens (including phenoxy) is 1. The molecule has 4 N–H and O–H groups in total. The standard InChI is InChI=1S/C8H14F2N2O3/c9-7(10)6(13)1-12-8(14)4-2-15-3-5(4)11/h4-7,13H,1-3,11H2,(H,12,14). The molecule has 0 saturated carbocycles. The lowest BCUT2D eigenvalue weighted by Crippen LogP contribution is -2.44. The molecule has 3 unspecified atom stereocenters. The maximum atomic E-state index is 11.9. The van der Waals surface area contributed by atoms with Gasteiger partial charge in [-0.1, -0.05) is 0 Å². The van der Waals surface area contributed by atoms with Crippen molar-refractivity contribution in [3.63, 3.8) is 0 Å². The van der Waals surface area contributed by atoms with Crippen LogP contribution in [0, 0.1) is 5.92 Å². The largest absolute Gasteiger partial charge is 0.385 e. The smallest absolute Gasteiger partial charge is 0.265 e. The Morgan fingerprint density at radius 3 is 2.73 bits per heavy atom. The minimum absolute atomic E-state index is 0.192. The van der Waals surface area contributed by atoms with Gasteiger partial charge < -0.3 is 20.9 Å². The number of carbonyl (C=O) groups is 1. The minimum Gasteiger partial charge on any atom is -0.385 e. The van der Waals surface area contributed by atoms with Gasteiger partial charge in [0.15, 0.2) is 0 Å². The molecular formula is C8H14F2N2O3. The molecule has 7 heteroatoms. The molecule has 1 heterocycles. The number of hydrogen-bond donors (Lipinski definition) is 3. The van der Waals surface area contributed by atoms with Crippen molar-refractivity contribution in [1.29, 1.82) is 0 Å². The Bertz CT molecular complexity index is 228. The van der Waals surface area contributed by atoms with Crippen LogP contribution in [0.2, 0.25) is 0 Å².